The predicted molar refractivity (Wildman–Crippen MR) is 140 cm³/mol. The number of rotatable bonds is 7. The first-order valence-corrected chi connectivity index (χ1v) is 13.1. The van der Waals surface area contributed by atoms with Crippen molar-refractivity contribution in [3.63, 3.8) is 0 Å². The Bertz CT molecular complexity index is 1090. The van der Waals surface area contributed by atoms with E-state index in [0.29, 0.717) is 17.9 Å². The van der Waals surface area contributed by atoms with Gasteiger partial charge in [-0.1, -0.05) is 54.1 Å². The van der Waals surface area contributed by atoms with Crippen LogP contribution < -0.4 is 5.32 Å². The molecule has 3 N–H and O–H groups in total. The monoisotopic (exact) mass is 529 g/mol. The third-order valence-corrected chi connectivity index (χ3v) is 7.05. The lowest BCUT2D eigenvalue weighted by Crippen LogP contribution is -2.54. The second-order valence-corrected chi connectivity index (χ2v) is 11.3. The fourth-order valence-electron chi connectivity index (χ4n) is 5.22. The largest absolute Gasteiger partial charge is 0.394 e. The van der Waals surface area contributed by atoms with Gasteiger partial charge in [-0.25, -0.2) is 0 Å². The third kappa shape index (κ3) is 6.51. The molecule has 2 aliphatic heterocycles. The maximum Gasteiger partial charge on any atom is 0.243 e. The van der Waals surface area contributed by atoms with Gasteiger partial charge >= 0.3 is 0 Å². The number of β-amino-alcohol motifs (C(OH)–C–C–N with tert-alkyl or cyclic N) is 1. The Balaban J connectivity index is 1.74. The van der Waals surface area contributed by atoms with Crippen LogP contribution in [0.2, 0.25) is 5.02 Å². The lowest BCUT2D eigenvalue weighted by Gasteiger charge is -2.34. The number of carbonyl (C=O) groups is 2. The normalized spacial score (nSPS) is 25.5. The summed E-state index contributed by atoms with van der Waals surface area (Å²) in [4.78, 5) is 35.8. The van der Waals surface area contributed by atoms with E-state index in [9.17, 15) is 19.8 Å². The standard InChI is InChI=1S/C28H36ClN3O5/c1-28(2,3)30-26(35)23-13-12-22-24(27(36)31(23)15-18-8-7-11-20(29)14-18)25(19-9-5-4-6-10-19)37-32(22)16-21(34)17-33/h4-11,14,21-25,33-34H,12-13,15-17H2,1-3H3,(H,30,35). The number of nitrogens with zero attached hydrogens (tertiary/aromatic N) is 2. The molecule has 2 heterocycles. The SMILES string of the molecule is CC(C)(C)NC(=O)C1CCC2C(C(=O)N1Cc1cccc(Cl)c1)C(c1ccccc1)ON2CC(O)CO. The predicted octanol–water partition coefficient (Wildman–Crippen LogP) is 3.07. The lowest BCUT2D eigenvalue weighted by atomic mass is 9.88. The van der Waals surface area contributed by atoms with Crippen molar-refractivity contribution in [2.24, 2.45) is 5.92 Å². The quantitative estimate of drug-likeness (QED) is 0.509. The van der Waals surface area contributed by atoms with Crippen LogP contribution in [-0.4, -0.2) is 68.9 Å². The highest BCUT2D eigenvalue weighted by molar-refractivity contribution is 6.30. The van der Waals surface area contributed by atoms with Crippen molar-refractivity contribution in [2.45, 2.75) is 70.0 Å². The molecular weight excluding hydrogens is 494 g/mol. The number of amides is 2. The third-order valence-electron chi connectivity index (χ3n) is 6.81. The van der Waals surface area contributed by atoms with E-state index in [0.717, 1.165) is 11.1 Å². The number of benzene rings is 2. The zero-order valence-electron chi connectivity index (χ0n) is 21.5. The Hall–Kier alpha value is -2.49. The average Bonchev–Trinajstić information content (AvgIpc) is 3.13. The average molecular weight is 530 g/mol. The van der Waals surface area contributed by atoms with Crippen LogP contribution >= 0.6 is 11.6 Å². The zero-order chi connectivity index (χ0) is 26.7. The summed E-state index contributed by atoms with van der Waals surface area (Å²) < 4.78 is 0. The van der Waals surface area contributed by atoms with Crippen molar-refractivity contribution in [3.05, 3.63) is 70.7 Å². The molecule has 2 aromatic rings. The van der Waals surface area contributed by atoms with Gasteiger partial charge in [0.05, 0.1) is 31.2 Å². The number of aliphatic hydroxyl groups excluding tert-OH is 2. The van der Waals surface area contributed by atoms with Gasteiger partial charge in [0.2, 0.25) is 11.8 Å². The van der Waals surface area contributed by atoms with Crippen LogP contribution in [0.3, 0.4) is 0 Å². The van der Waals surface area contributed by atoms with E-state index in [1.165, 1.54) is 0 Å². The summed E-state index contributed by atoms with van der Waals surface area (Å²) in [6.07, 6.45) is -0.676. The molecule has 2 aliphatic rings. The Morgan fingerprint density at radius 3 is 2.54 bits per heavy atom. The van der Waals surface area contributed by atoms with Crippen molar-refractivity contribution < 1.29 is 24.6 Å². The summed E-state index contributed by atoms with van der Waals surface area (Å²) >= 11 is 6.24. The minimum Gasteiger partial charge on any atom is -0.394 e. The van der Waals surface area contributed by atoms with Crippen molar-refractivity contribution >= 4 is 23.4 Å². The van der Waals surface area contributed by atoms with E-state index in [-0.39, 0.29) is 30.9 Å². The van der Waals surface area contributed by atoms with Gasteiger partial charge in [0.15, 0.2) is 0 Å². The number of halogens is 1. The maximum atomic E-state index is 14.4. The highest BCUT2D eigenvalue weighted by Crippen LogP contribution is 2.44. The first-order valence-electron chi connectivity index (χ1n) is 12.7. The molecule has 8 nitrogen and oxygen atoms in total. The van der Waals surface area contributed by atoms with Crippen molar-refractivity contribution in [2.75, 3.05) is 13.2 Å². The molecule has 37 heavy (non-hydrogen) atoms. The number of carbonyl (C=O) groups excluding carboxylic acids is 2. The summed E-state index contributed by atoms with van der Waals surface area (Å²) in [6, 6.07) is 15.8. The number of hydrogen-bond acceptors (Lipinski definition) is 6. The van der Waals surface area contributed by atoms with E-state index >= 15 is 0 Å². The van der Waals surface area contributed by atoms with E-state index in [1.54, 1.807) is 22.1 Å². The van der Waals surface area contributed by atoms with Gasteiger partial charge in [0.25, 0.3) is 0 Å². The fourth-order valence-corrected chi connectivity index (χ4v) is 5.43. The second-order valence-electron chi connectivity index (χ2n) is 10.9. The summed E-state index contributed by atoms with van der Waals surface area (Å²) in [7, 11) is 0. The maximum absolute atomic E-state index is 14.4. The van der Waals surface area contributed by atoms with Crippen LogP contribution in [0, 0.1) is 5.92 Å². The Morgan fingerprint density at radius 2 is 1.89 bits per heavy atom. The molecule has 4 rings (SSSR count). The van der Waals surface area contributed by atoms with Gasteiger partial charge in [0.1, 0.15) is 12.1 Å². The lowest BCUT2D eigenvalue weighted by molar-refractivity contribution is -0.183. The summed E-state index contributed by atoms with van der Waals surface area (Å²) in [5.74, 6) is -0.992. The molecule has 2 amide bonds. The van der Waals surface area contributed by atoms with Crippen LogP contribution in [0.15, 0.2) is 54.6 Å². The molecule has 2 fully saturated rings. The molecule has 0 aromatic heterocycles. The van der Waals surface area contributed by atoms with Gasteiger partial charge < -0.3 is 20.4 Å². The Labute approximate surface area is 223 Å². The van der Waals surface area contributed by atoms with E-state index in [2.05, 4.69) is 5.32 Å². The fraction of sp³-hybridized carbons (Fsp3) is 0.500. The van der Waals surface area contributed by atoms with Gasteiger partial charge in [-0.15, -0.1) is 0 Å². The van der Waals surface area contributed by atoms with Crippen LogP contribution in [0.25, 0.3) is 0 Å². The van der Waals surface area contributed by atoms with Gasteiger partial charge in [0, 0.05) is 17.1 Å². The van der Waals surface area contributed by atoms with E-state index in [1.807, 2.05) is 63.2 Å². The molecule has 0 radical (unpaired) electrons. The second kappa shape index (κ2) is 11.5. The number of aliphatic hydroxyl groups is 2. The van der Waals surface area contributed by atoms with Gasteiger partial charge in [-0.2, -0.15) is 5.06 Å². The molecule has 9 heteroatoms. The summed E-state index contributed by atoms with van der Waals surface area (Å²) in [6.45, 7) is 5.61. The number of fused-ring (bicyclic) bond motifs is 1. The molecular formula is C28H36ClN3O5. The highest BCUT2D eigenvalue weighted by Gasteiger charge is 2.53. The highest BCUT2D eigenvalue weighted by atomic mass is 35.5. The summed E-state index contributed by atoms with van der Waals surface area (Å²) in [5.41, 5.74) is 1.21. The zero-order valence-corrected chi connectivity index (χ0v) is 22.3. The topological polar surface area (TPSA) is 102 Å². The van der Waals surface area contributed by atoms with Crippen LogP contribution in [0.5, 0.6) is 0 Å². The molecule has 0 aliphatic carbocycles. The van der Waals surface area contributed by atoms with Crippen LogP contribution in [0.1, 0.15) is 50.8 Å². The van der Waals surface area contributed by atoms with E-state index < -0.39 is 36.3 Å². The minimum atomic E-state index is -1.02. The first-order chi connectivity index (χ1) is 17.6. The number of nitrogens with one attached hydrogen (secondary N) is 1. The van der Waals surface area contributed by atoms with Crippen molar-refractivity contribution in [3.8, 4) is 0 Å². The van der Waals surface area contributed by atoms with Crippen LogP contribution in [-0.2, 0) is 21.0 Å². The minimum absolute atomic E-state index is 0.0570. The summed E-state index contributed by atoms with van der Waals surface area (Å²) in [5, 5.41) is 24.9. The smallest absolute Gasteiger partial charge is 0.243 e. The number of hydrogen-bond donors (Lipinski definition) is 3. The Kier molecular flexibility index (Phi) is 8.56. The van der Waals surface area contributed by atoms with Gasteiger partial charge in [-0.3, -0.25) is 14.4 Å². The molecule has 0 bridgehead atoms. The van der Waals surface area contributed by atoms with Crippen molar-refractivity contribution in [1.29, 1.82) is 0 Å². The molecule has 2 saturated heterocycles. The molecule has 0 spiro atoms. The van der Waals surface area contributed by atoms with Crippen LogP contribution in [0.4, 0.5) is 0 Å². The number of likely N-dealkylation sites (tertiary alicyclic amines) is 1. The Morgan fingerprint density at radius 1 is 1.16 bits per heavy atom. The molecule has 5 unspecified atom stereocenters. The molecule has 200 valence electrons. The number of hydroxylamine groups is 2. The molecule has 0 saturated carbocycles. The molecule has 5 atom stereocenters. The van der Waals surface area contributed by atoms with Gasteiger partial charge in [-0.05, 0) is 56.9 Å². The molecule has 2 aromatic carbocycles. The van der Waals surface area contributed by atoms with E-state index in [4.69, 9.17) is 16.4 Å². The van der Waals surface area contributed by atoms with Crippen molar-refractivity contribution in [1.82, 2.24) is 15.3 Å². The first kappa shape index (κ1) is 27.5.